The van der Waals surface area contributed by atoms with Gasteiger partial charge in [0.05, 0.1) is 13.2 Å². The molecule has 0 radical (unpaired) electrons. The summed E-state index contributed by atoms with van der Waals surface area (Å²) in [7, 11) is 1.60. The van der Waals surface area contributed by atoms with Crippen molar-refractivity contribution in [2.45, 2.75) is 39.2 Å². The van der Waals surface area contributed by atoms with Gasteiger partial charge in [0.25, 0.3) is 0 Å². The second kappa shape index (κ2) is 6.24. The zero-order valence-electron chi connectivity index (χ0n) is 11.9. The molecule has 1 N–H and O–H groups in total. The zero-order valence-corrected chi connectivity index (χ0v) is 11.9. The lowest BCUT2D eigenvalue weighted by molar-refractivity contribution is -0.120. The van der Waals surface area contributed by atoms with Crippen molar-refractivity contribution >= 4 is 5.91 Å². The molecule has 0 aliphatic carbocycles. The van der Waals surface area contributed by atoms with Gasteiger partial charge in [-0.3, -0.25) is 4.79 Å². The third kappa shape index (κ3) is 4.29. The molecule has 19 heavy (non-hydrogen) atoms. The molecule has 0 aliphatic rings. The maximum Gasteiger partial charge on any atom is 0.234 e. The maximum atomic E-state index is 11.3. The summed E-state index contributed by atoms with van der Waals surface area (Å²) in [6.45, 7) is 6.76. The van der Waals surface area contributed by atoms with E-state index in [1.54, 1.807) is 7.11 Å². The summed E-state index contributed by atoms with van der Waals surface area (Å²) in [6, 6.07) is 7.79. The number of rotatable bonds is 4. The number of nitrogens with one attached hydrogen (secondary N) is 1. The van der Waals surface area contributed by atoms with Crippen LogP contribution in [0.3, 0.4) is 0 Å². The van der Waals surface area contributed by atoms with Gasteiger partial charge in [0.15, 0.2) is 0 Å². The Bertz CT molecular complexity index is 496. The lowest BCUT2D eigenvalue weighted by Gasteiger charge is -2.21. The Morgan fingerprint density at radius 1 is 1.42 bits per heavy atom. The summed E-state index contributed by atoms with van der Waals surface area (Å²) in [6.07, 6.45) is -0.124. The molecule has 0 saturated carbocycles. The fourth-order valence-corrected chi connectivity index (χ4v) is 1.71. The molecule has 1 aromatic carbocycles. The molecule has 0 aromatic heterocycles. The number of nitrogens with zero attached hydrogens (tertiary/aromatic N) is 1. The molecule has 1 rings (SSSR count). The highest BCUT2D eigenvalue weighted by atomic mass is 16.5. The highest BCUT2D eigenvalue weighted by molar-refractivity contribution is 5.78. The Labute approximate surface area is 114 Å². The monoisotopic (exact) mass is 260 g/mol. The molecular weight excluding hydrogens is 240 g/mol. The second-order valence-corrected chi connectivity index (χ2v) is 5.39. The zero-order chi connectivity index (χ0) is 14.5. The van der Waals surface area contributed by atoms with Crippen LogP contribution in [0.4, 0.5) is 0 Å². The predicted octanol–water partition coefficient (Wildman–Crippen LogP) is 2.52. The first-order chi connectivity index (χ1) is 8.88. The maximum absolute atomic E-state index is 11.3. The van der Waals surface area contributed by atoms with E-state index in [0.29, 0.717) is 6.54 Å². The molecular formula is C15H20N2O2. The number of methoxy groups -OCH3 is 1. The Morgan fingerprint density at radius 3 is 2.63 bits per heavy atom. The Morgan fingerprint density at radius 2 is 2.11 bits per heavy atom. The Balaban J connectivity index is 2.91. The summed E-state index contributed by atoms with van der Waals surface area (Å²) in [4.78, 5) is 11.3. The number of carbonyl (C=O) groups is 1. The average Bonchev–Trinajstić information content (AvgIpc) is 2.35. The highest BCUT2D eigenvalue weighted by Gasteiger charge is 2.16. The van der Waals surface area contributed by atoms with Crippen LogP contribution in [-0.4, -0.2) is 13.0 Å². The summed E-state index contributed by atoms with van der Waals surface area (Å²) in [5.74, 6) is 0.468. The van der Waals surface area contributed by atoms with Crippen LogP contribution in [0.5, 0.6) is 5.75 Å². The number of ether oxygens (including phenoxy) is 1. The van der Waals surface area contributed by atoms with E-state index in [1.165, 1.54) is 5.56 Å². The van der Waals surface area contributed by atoms with E-state index in [-0.39, 0.29) is 17.7 Å². The molecule has 0 atom stereocenters. The number of amides is 1. The van der Waals surface area contributed by atoms with Gasteiger partial charge in [-0.25, -0.2) is 0 Å². The third-order valence-electron chi connectivity index (χ3n) is 2.86. The van der Waals surface area contributed by atoms with Crippen LogP contribution in [0.1, 0.15) is 38.3 Å². The number of benzene rings is 1. The molecule has 0 fully saturated rings. The van der Waals surface area contributed by atoms with E-state index < -0.39 is 0 Å². The van der Waals surface area contributed by atoms with E-state index in [4.69, 9.17) is 10.00 Å². The normalized spacial score (nSPS) is 10.7. The van der Waals surface area contributed by atoms with Gasteiger partial charge in [-0.05, 0) is 23.1 Å². The molecule has 102 valence electrons. The van der Waals surface area contributed by atoms with Crippen molar-refractivity contribution < 1.29 is 9.53 Å². The van der Waals surface area contributed by atoms with Crippen molar-refractivity contribution in [2.75, 3.05) is 7.11 Å². The molecule has 0 bridgehead atoms. The van der Waals surface area contributed by atoms with E-state index >= 15 is 0 Å². The van der Waals surface area contributed by atoms with Gasteiger partial charge >= 0.3 is 0 Å². The number of hydrogen-bond donors (Lipinski definition) is 1. The SMILES string of the molecule is COc1ccc(C(C)(C)C)cc1CNC(=O)CC#N. The van der Waals surface area contributed by atoms with E-state index in [0.717, 1.165) is 11.3 Å². The first-order valence-electron chi connectivity index (χ1n) is 6.19. The fraction of sp³-hybridized carbons (Fsp3) is 0.467. The van der Waals surface area contributed by atoms with Crippen molar-refractivity contribution in [1.29, 1.82) is 5.26 Å². The van der Waals surface area contributed by atoms with Crippen LogP contribution in [-0.2, 0) is 16.8 Å². The first-order valence-corrected chi connectivity index (χ1v) is 6.19. The minimum Gasteiger partial charge on any atom is -0.496 e. The highest BCUT2D eigenvalue weighted by Crippen LogP contribution is 2.27. The van der Waals surface area contributed by atoms with Crippen LogP contribution in [0.2, 0.25) is 0 Å². The Kier molecular flexibility index (Phi) is 4.94. The lowest BCUT2D eigenvalue weighted by Crippen LogP contribution is -2.22. The summed E-state index contributed by atoms with van der Waals surface area (Å²) in [5, 5.41) is 11.2. The summed E-state index contributed by atoms with van der Waals surface area (Å²) < 4.78 is 5.29. The largest absolute Gasteiger partial charge is 0.496 e. The van der Waals surface area contributed by atoms with Crippen molar-refractivity contribution in [3.63, 3.8) is 0 Å². The van der Waals surface area contributed by atoms with E-state index in [9.17, 15) is 4.79 Å². The second-order valence-electron chi connectivity index (χ2n) is 5.39. The van der Waals surface area contributed by atoms with Gasteiger partial charge < -0.3 is 10.1 Å². The van der Waals surface area contributed by atoms with Gasteiger partial charge in [0, 0.05) is 12.1 Å². The number of carbonyl (C=O) groups excluding carboxylic acids is 1. The molecule has 1 amide bonds. The van der Waals surface area contributed by atoms with E-state index in [1.807, 2.05) is 24.3 Å². The fourth-order valence-electron chi connectivity index (χ4n) is 1.71. The number of nitriles is 1. The van der Waals surface area contributed by atoms with Gasteiger partial charge in [-0.1, -0.05) is 26.8 Å². The van der Waals surface area contributed by atoms with Crippen molar-refractivity contribution in [3.8, 4) is 11.8 Å². The van der Waals surface area contributed by atoms with Crippen LogP contribution in [0.15, 0.2) is 18.2 Å². The van der Waals surface area contributed by atoms with Crippen LogP contribution >= 0.6 is 0 Å². The molecule has 0 aliphatic heterocycles. The summed E-state index contributed by atoms with van der Waals surface area (Å²) in [5.41, 5.74) is 2.14. The molecule has 1 aromatic rings. The van der Waals surface area contributed by atoms with Gasteiger partial charge in [0.1, 0.15) is 12.2 Å². The molecule has 0 saturated heterocycles. The molecule has 0 unspecified atom stereocenters. The molecule has 4 nitrogen and oxygen atoms in total. The quantitative estimate of drug-likeness (QED) is 0.904. The smallest absolute Gasteiger partial charge is 0.234 e. The van der Waals surface area contributed by atoms with Crippen molar-refractivity contribution in [2.24, 2.45) is 0 Å². The lowest BCUT2D eigenvalue weighted by atomic mass is 9.86. The van der Waals surface area contributed by atoms with Crippen LogP contribution in [0.25, 0.3) is 0 Å². The summed E-state index contributed by atoms with van der Waals surface area (Å²) >= 11 is 0. The van der Waals surface area contributed by atoms with Gasteiger partial charge in [-0.15, -0.1) is 0 Å². The standard InChI is InChI=1S/C15H20N2O2/c1-15(2,3)12-5-6-13(19-4)11(9-12)10-17-14(18)7-8-16/h5-6,9H,7,10H2,1-4H3,(H,17,18). The molecule has 0 spiro atoms. The minimum atomic E-state index is -0.272. The van der Waals surface area contributed by atoms with Crippen LogP contribution < -0.4 is 10.1 Å². The molecule has 4 heteroatoms. The van der Waals surface area contributed by atoms with E-state index in [2.05, 4.69) is 26.1 Å². The van der Waals surface area contributed by atoms with Crippen molar-refractivity contribution in [1.82, 2.24) is 5.32 Å². The van der Waals surface area contributed by atoms with Gasteiger partial charge in [-0.2, -0.15) is 5.26 Å². The third-order valence-corrected chi connectivity index (χ3v) is 2.86. The van der Waals surface area contributed by atoms with Crippen LogP contribution in [0, 0.1) is 11.3 Å². The Hall–Kier alpha value is -2.02. The average molecular weight is 260 g/mol. The number of hydrogen-bond acceptors (Lipinski definition) is 3. The topological polar surface area (TPSA) is 62.1 Å². The molecule has 0 heterocycles. The van der Waals surface area contributed by atoms with Crippen molar-refractivity contribution in [3.05, 3.63) is 29.3 Å². The first kappa shape index (κ1) is 15.0. The van der Waals surface area contributed by atoms with Gasteiger partial charge in [0.2, 0.25) is 5.91 Å². The predicted molar refractivity (Wildman–Crippen MR) is 73.8 cm³/mol. The minimum absolute atomic E-state index is 0.0394.